The summed E-state index contributed by atoms with van der Waals surface area (Å²) in [4.78, 5) is 29.6. The lowest BCUT2D eigenvalue weighted by atomic mass is 9.96. The van der Waals surface area contributed by atoms with E-state index in [0.29, 0.717) is 6.04 Å². The highest BCUT2D eigenvalue weighted by Gasteiger charge is 2.36. The highest BCUT2D eigenvalue weighted by Crippen LogP contribution is 2.34. The summed E-state index contributed by atoms with van der Waals surface area (Å²) in [6.07, 6.45) is 6.10. The third-order valence-corrected chi connectivity index (χ3v) is 6.62. The van der Waals surface area contributed by atoms with Crippen LogP contribution in [0.2, 0.25) is 0 Å². The van der Waals surface area contributed by atoms with Crippen molar-refractivity contribution in [1.82, 2.24) is 4.90 Å². The van der Waals surface area contributed by atoms with E-state index >= 15 is 0 Å². The van der Waals surface area contributed by atoms with E-state index < -0.39 is 10.7 Å². The molecule has 1 aromatic rings. The number of nitro groups is 1. The van der Waals surface area contributed by atoms with Crippen LogP contribution >= 0.6 is 11.8 Å². The van der Waals surface area contributed by atoms with Crippen LogP contribution in [-0.2, 0) is 4.79 Å². The first-order valence-electron chi connectivity index (χ1n) is 9.56. The second kappa shape index (κ2) is 8.89. The second-order valence-electron chi connectivity index (χ2n) is 7.38. The Balaban J connectivity index is 1.64. The van der Waals surface area contributed by atoms with Crippen LogP contribution in [0.4, 0.5) is 15.8 Å². The molecule has 2 fully saturated rings. The Kier molecular flexibility index (Phi) is 6.53. The summed E-state index contributed by atoms with van der Waals surface area (Å²) in [5, 5.41) is 14.5. The fourth-order valence-electron chi connectivity index (χ4n) is 3.69. The number of amides is 1. The number of halogens is 1. The number of benzene rings is 1. The number of anilines is 1. The van der Waals surface area contributed by atoms with Gasteiger partial charge in [-0.05, 0) is 18.9 Å². The summed E-state index contributed by atoms with van der Waals surface area (Å²) in [6.45, 7) is 2.05. The second-order valence-corrected chi connectivity index (χ2v) is 8.72. The summed E-state index contributed by atoms with van der Waals surface area (Å²) in [6, 6.07) is 3.40. The number of nitrogens with one attached hydrogen (secondary N) is 1. The number of non-ortho nitro benzene ring substituents is 1. The van der Waals surface area contributed by atoms with E-state index in [1.165, 1.54) is 19.3 Å². The molecule has 0 spiro atoms. The summed E-state index contributed by atoms with van der Waals surface area (Å²) in [7, 11) is 1.93. The maximum absolute atomic E-state index is 13.9. The Morgan fingerprint density at radius 3 is 2.79 bits per heavy atom. The molecule has 1 saturated carbocycles. The average molecular weight is 408 g/mol. The lowest BCUT2D eigenvalue weighted by Crippen LogP contribution is -2.36. The summed E-state index contributed by atoms with van der Waals surface area (Å²) < 4.78 is 13.9. The van der Waals surface area contributed by atoms with Crippen LogP contribution in [0.3, 0.4) is 0 Å². The van der Waals surface area contributed by atoms with Gasteiger partial charge in [-0.2, -0.15) is 0 Å². The molecule has 0 aromatic heterocycles. The predicted molar refractivity (Wildman–Crippen MR) is 109 cm³/mol. The van der Waals surface area contributed by atoms with Crippen molar-refractivity contribution >= 4 is 34.2 Å². The predicted octanol–water partition coefficient (Wildman–Crippen LogP) is 4.19. The zero-order valence-electron chi connectivity index (χ0n) is 16.1. The lowest BCUT2D eigenvalue weighted by molar-refractivity contribution is -0.384. The molecule has 0 radical (unpaired) electrons. The molecule has 1 amide bonds. The smallest absolute Gasteiger partial charge is 0.271 e. The van der Waals surface area contributed by atoms with Gasteiger partial charge < -0.3 is 10.2 Å². The van der Waals surface area contributed by atoms with Crippen LogP contribution in [0.5, 0.6) is 0 Å². The largest absolute Gasteiger partial charge is 0.350 e. The Hall–Kier alpha value is -2.16. The molecule has 2 unspecified atom stereocenters. The first-order valence-corrected chi connectivity index (χ1v) is 10.4. The number of rotatable bonds is 5. The lowest BCUT2D eigenvalue weighted by Gasteiger charge is -2.24. The molecular weight excluding hydrogens is 383 g/mol. The topological polar surface area (TPSA) is 87.8 Å². The van der Waals surface area contributed by atoms with Gasteiger partial charge in [0.15, 0.2) is 5.17 Å². The van der Waals surface area contributed by atoms with Crippen LogP contribution in [-0.4, -0.2) is 45.3 Å². The minimum absolute atomic E-state index is 0.0610. The molecule has 2 atom stereocenters. The maximum Gasteiger partial charge on any atom is 0.271 e. The molecule has 2 aliphatic rings. The fraction of sp³-hybridized carbons (Fsp3) is 0.579. The van der Waals surface area contributed by atoms with E-state index in [-0.39, 0.29) is 35.0 Å². The van der Waals surface area contributed by atoms with Gasteiger partial charge in [0.25, 0.3) is 5.69 Å². The van der Waals surface area contributed by atoms with E-state index in [4.69, 9.17) is 4.99 Å². The van der Waals surface area contributed by atoms with Crippen molar-refractivity contribution in [3.05, 3.63) is 34.1 Å². The normalized spacial score (nSPS) is 24.5. The SMILES string of the molecule is CC1SC(=NC2CCCCC2)N(C)C1CC(=O)Nc1cc([N+](=O)[O-])ccc1F. The first kappa shape index (κ1) is 20.6. The summed E-state index contributed by atoms with van der Waals surface area (Å²) >= 11 is 1.67. The van der Waals surface area contributed by atoms with Crippen molar-refractivity contribution in [2.24, 2.45) is 4.99 Å². The number of hydrogen-bond donors (Lipinski definition) is 1. The Morgan fingerprint density at radius 1 is 1.39 bits per heavy atom. The number of aliphatic imine (C=N–C) groups is 1. The monoisotopic (exact) mass is 408 g/mol. The van der Waals surface area contributed by atoms with Crippen LogP contribution in [0, 0.1) is 15.9 Å². The number of carbonyl (C=O) groups is 1. The molecular formula is C19H25FN4O3S. The van der Waals surface area contributed by atoms with Gasteiger partial charge in [-0.25, -0.2) is 4.39 Å². The van der Waals surface area contributed by atoms with Gasteiger partial charge in [-0.1, -0.05) is 37.9 Å². The molecule has 1 heterocycles. The van der Waals surface area contributed by atoms with Crippen molar-refractivity contribution in [2.75, 3.05) is 12.4 Å². The van der Waals surface area contributed by atoms with Gasteiger partial charge in [-0.15, -0.1) is 0 Å². The van der Waals surface area contributed by atoms with E-state index in [0.717, 1.165) is 36.2 Å². The molecule has 28 heavy (non-hydrogen) atoms. The van der Waals surface area contributed by atoms with Crippen molar-refractivity contribution in [1.29, 1.82) is 0 Å². The summed E-state index contributed by atoms with van der Waals surface area (Å²) in [5.41, 5.74) is -0.434. The van der Waals surface area contributed by atoms with Gasteiger partial charge in [-0.3, -0.25) is 19.9 Å². The number of nitro benzene ring substituents is 1. The van der Waals surface area contributed by atoms with Crippen molar-refractivity contribution in [2.45, 2.75) is 62.8 Å². The van der Waals surface area contributed by atoms with Gasteiger partial charge in [0, 0.05) is 30.9 Å². The van der Waals surface area contributed by atoms with Crippen molar-refractivity contribution in [3.63, 3.8) is 0 Å². The molecule has 7 nitrogen and oxygen atoms in total. The summed E-state index contributed by atoms with van der Waals surface area (Å²) in [5.74, 6) is -1.07. The quantitative estimate of drug-likeness (QED) is 0.583. The zero-order valence-corrected chi connectivity index (χ0v) is 16.9. The molecule has 1 aliphatic carbocycles. The molecule has 3 rings (SSSR count). The first-order chi connectivity index (χ1) is 13.3. The van der Waals surface area contributed by atoms with Gasteiger partial charge in [0.05, 0.1) is 22.7 Å². The third-order valence-electron chi connectivity index (χ3n) is 5.33. The van der Waals surface area contributed by atoms with E-state index in [2.05, 4.69) is 12.2 Å². The van der Waals surface area contributed by atoms with Crippen LogP contribution in [0.1, 0.15) is 45.4 Å². The van der Waals surface area contributed by atoms with Crippen LogP contribution in [0.25, 0.3) is 0 Å². The molecule has 1 aromatic carbocycles. The van der Waals surface area contributed by atoms with E-state index in [1.54, 1.807) is 11.8 Å². The Morgan fingerprint density at radius 2 is 2.11 bits per heavy atom. The molecule has 9 heteroatoms. The molecule has 152 valence electrons. The molecule has 1 N–H and O–H groups in total. The molecule has 0 bridgehead atoms. The van der Waals surface area contributed by atoms with Crippen molar-refractivity contribution < 1.29 is 14.1 Å². The highest BCUT2D eigenvalue weighted by atomic mass is 32.2. The number of thioether (sulfide) groups is 1. The Labute approximate surface area is 167 Å². The highest BCUT2D eigenvalue weighted by molar-refractivity contribution is 8.14. The maximum atomic E-state index is 13.9. The third kappa shape index (κ3) is 4.81. The van der Waals surface area contributed by atoms with Crippen LogP contribution in [0.15, 0.2) is 23.2 Å². The minimum Gasteiger partial charge on any atom is -0.350 e. The van der Waals surface area contributed by atoms with Crippen molar-refractivity contribution in [3.8, 4) is 0 Å². The zero-order chi connectivity index (χ0) is 20.3. The minimum atomic E-state index is -0.694. The average Bonchev–Trinajstić information content (AvgIpc) is 2.91. The van der Waals surface area contributed by atoms with E-state index in [9.17, 15) is 19.3 Å². The molecule has 1 aliphatic heterocycles. The Bertz CT molecular complexity index is 782. The fourth-order valence-corrected chi connectivity index (χ4v) is 4.97. The number of carbonyl (C=O) groups excluding carboxylic acids is 1. The van der Waals surface area contributed by atoms with Gasteiger partial charge in [0.1, 0.15) is 5.82 Å². The van der Waals surface area contributed by atoms with E-state index in [1.807, 2.05) is 11.9 Å². The van der Waals surface area contributed by atoms with Gasteiger partial charge >= 0.3 is 0 Å². The number of hydrogen-bond acceptors (Lipinski definition) is 5. The number of amidine groups is 1. The number of nitrogens with zero attached hydrogens (tertiary/aromatic N) is 3. The van der Waals surface area contributed by atoms with Gasteiger partial charge in [0.2, 0.25) is 5.91 Å². The van der Waals surface area contributed by atoms with Crippen LogP contribution < -0.4 is 5.32 Å². The standard InChI is InChI=1S/C19H25FN4O3S/c1-12-17(23(2)19(28-12)21-13-6-4-3-5-7-13)11-18(25)22-16-10-14(24(26)27)8-9-15(16)20/h8-10,12-13,17H,3-7,11H2,1-2H3,(H,22,25). The molecule has 1 saturated heterocycles.